The highest BCUT2D eigenvalue weighted by molar-refractivity contribution is 5.99. The molecule has 182 valence electrons. The molecule has 0 radical (unpaired) electrons. The molecule has 3 aromatic rings. The third kappa shape index (κ3) is 6.45. The van der Waals surface area contributed by atoms with E-state index in [2.05, 4.69) is 39.8 Å². The number of amides is 2. The first-order valence-corrected chi connectivity index (χ1v) is 12.1. The lowest BCUT2D eigenvalue weighted by molar-refractivity contribution is 0.0935. The Bertz CT molecular complexity index is 1210. The molecule has 2 N–H and O–H groups in total. The van der Waals surface area contributed by atoms with Gasteiger partial charge in [-0.15, -0.1) is 0 Å². The van der Waals surface area contributed by atoms with Gasteiger partial charge in [0.25, 0.3) is 11.8 Å². The second-order valence-electron chi connectivity index (χ2n) is 9.00. The van der Waals surface area contributed by atoms with Crippen molar-refractivity contribution in [2.24, 2.45) is 0 Å². The summed E-state index contributed by atoms with van der Waals surface area (Å²) >= 11 is 0. The summed E-state index contributed by atoms with van der Waals surface area (Å²) in [6.45, 7) is 3.02. The molecule has 1 fully saturated rings. The summed E-state index contributed by atoms with van der Waals surface area (Å²) in [7, 11) is 1.48. The first-order chi connectivity index (χ1) is 17.0. The molecule has 1 atom stereocenters. The Morgan fingerprint density at radius 2 is 1.54 bits per heavy atom. The van der Waals surface area contributed by atoms with Gasteiger partial charge >= 0.3 is 0 Å². The minimum Gasteiger partial charge on any atom is -0.355 e. The van der Waals surface area contributed by atoms with E-state index in [1.165, 1.54) is 18.2 Å². The highest BCUT2D eigenvalue weighted by Gasteiger charge is 2.26. The van der Waals surface area contributed by atoms with E-state index in [9.17, 15) is 14.4 Å². The Hall–Kier alpha value is -3.71. The highest BCUT2D eigenvalue weighted by atomic mass is 16.2. The summed E-state index contributed by atoms with van der Waals surface area (Å²) in [5, 5.41) is 5.53. The zero-order valence-corrected chi connectivity index (χ0v) is 20.1. The van der Waals surface area contributed by atoms with Crippen molar-refractivity contribution < 1.29 is 9.59 Å². The number of carbonyl (C=O) groups is 2. The average Bonchev–Trinajstić information content (AvgIpc) is 3.32. The molecule has 0 saturated carbocycles. The van der Waals surface area contributed by atoms with Crippen molar-refractivity contribution in [2.45, 2.75) is 38.4 Å². The van der Waals surface area contributed by atoms with E-state index in [-0.39, 0.29) is 17.2 Å². The Morgan fingerprint density at radius 1 is 0.914 bits per heavy atom. The molecular formula is C28H32N4O3. The van der Waals surface area contributed by atoms with E-state index in [0.29, 0.717) is 6.54 Å². The van der Waals surface area contributed by atoms with Crippen molar-refractivity contribution in [1.29, 1.82) is 0 Å². The van der Waals surface area contributed by atoms with Gasteiger partial charge in [-0.1, -0.05) is 60.7 Å². The van der Waals surface area contributed by atoms with Crippen LogP contribution in [-0.4, -0.2) is 47.5 Å². The molecule has 7 heteroatoms. The lowest BCUT2D eigenvalue weighted by atomic mass is 10.1. The topological polar surface area (TPSA) is 83.4 Å². The molecule has 2 heterocycles. The summed E-state index contributed by atoms with van der Waals surface area (Å²) in [6.07, 6.45) is 5.62. The third-order valence-electron chi connectivity index (χ3n) is 6.38. The van der Waals surface area contributed by atoms with E-state index in [1.54, 1.807) is 17.0 Å². The maximum atomic E-state index is 13.1. The van der Waals surface area contributed by atoms with Crippen molar-refractivity contribution in [1.82, 2.24) is 20.1 Å². The van der Waals surface area contributed by atoms with Gasteiger partial charge in [-0.25, -0.2) is 0 Å². The fourth-order valence-corrected chi connectivity index (χ4v) is 4.53. The summed E-state index contributed by atoms with van der Waals surface area (Å²) in [6, 6.07) is 20.3. The van der Waals surface area contributed by atoms with Crippen molar-refractivity contribution in [2.75, 3.05) is 20.1 Å². The lowest BCUT2D eigenvalue weighted by Gasteiger charge is -2.17. The Labute approximate surface area is 205 Å². The summed E-state index contributed by atoms with van der Waals surface area (Å²) in [4.78, 5) is 40.8. The van der Waals surface area contributed by atoms with Gasteiger partial charge in [-0.2, -0.15) is 0 Å². The van der Waals surface area contributed by atoms with Gasteiger partial charge in [0.15, 0.2) is 0 Å². The number of carbonyl (C=O) groups excluding carboxylic acids is 2. The minimum atomic E-state index is -0.541. The summed E-state index contributed by atoms with van der Waals surface area (Å²) in [5.74, 6) is -0.916. The SMILES string of the molecule is CNC(=O)c1cn(CCCc2ccccc2)cc(C(=O)N[C@H]2CCN(Cc3ccccc3)C2)c1=O. The van der Waals surface area contributed by atoms with Gasteiger partial charge in [0.05, 0.1) is 0 Å². The van der Waals surface area contributed by atoms with Gasteiger partial charge in [-0.05, 0) is 30.4 Å². The van der Waals surface area contributed by atoms with Crippen molar-refractivity contribution in [3.63, 3.8) is 0 Å². The number of hydrogen-bond donors (Lipinski definition) is 2. The molecule has 0 bridgehead atoms. The van der Waals surface area contributed by atoms with Crippen molar-refractivity contribution in [3.8, 4) is 0 Å². The summed E-state index contributed by atoms with van der Waals surface area (Å²) < 4.78 is 1.78. The van der Waals surface area contributed by atoms with Crippen LogP contribution in [-0.2, 0) is 19.5 Å². The number of aromatic nitrogens is 1. The Kier molecular flexibility index (Phi) is 8.11. The molecule has 1 aliphatic heterocycles. The molecule has 0 aliphatic carbocycles. The number of nitrogens with zero attached hydrogens (tertiary/aromatic N) is 2. The summed E-state index contributed by atoms with van der Waals surface area (Å²) in [5.41, 5.74) is 1.90. The number of pyridine rings is 1. The quantitative estimate of drug-likeness (QED) is 0.502. The molecular weight excluding hydrogens is 440 g/mol. The maximum Gasteiger partial charge on any atom is 0.257 e. The molecule has 35 heavy (non-hydrogen) atoms. The number of aryl methyl sites for hydroxylation is 2. The molecule has 1 saturated heterocycles. The van der Waals surface area contributed by atoms with E-state index in [1.807, 2.05) is 36.4 Å². The number of rotatable bonds is 9. The third-order valence-corrected chi connectivity index (χ3v) is 6.38. The van der Waals surface area contributed by atoms with Gasteiger partial charge in [0.1, 0.15) is 11.1 Å². The van der Waals surface area contributed by atoms with Crippen LogP contribution in [0.15, 0.2) is 77.9 Å². The molecule has 2 amide bonds. The fourth-order valence-electron chi connectivity index (χ4n) is 4.53. The van der Waals surface area contributed by atoms with Crippen LogP contribution in [0, 0.1) is 0 Å². The second kappa shape index (κ2) is 11.6. The molecule has 4 rings (SSSR count). The Morgan fingerprint density at radius 3 is 2.20 bits per heavy atom. The molecule has 0 spiro atoms. The van der Waals surface area contributed by atoms with Crippen molar-refractivity contribution >= 4 is 11.8 Å². The first-order valence-electron chi connectivity index (χ1n) is 12.1. The maximum absolute atomic E-state index is 13.1. The number of hydrogen-bond acceptors (Lipinski definition) is 4. The second-order valence-corrected chi connectivity index (χ2v) is 9.00. The minimum absolute atomic E-state index is 0.00678. The normalized spacial score (nSPS) is 15.6. The van der Waals surface area contributed by atoms with E-state index >= 15 is 0 Å². The van der Waals surface area contributed by atoms with Crippen LogP contribution in [0.2, 0.25) is 0 Å². The first kappa shape index (κ1) is 24.4. The van der Waals surface area contributed by atoms with Crippen LogP contribution in [0.25, 0.3) is 0 Å². The molecule has 1 aliphatic rings. The monoisotopic (exact) mass is 472 g/mol. The van der Waals surface area contributed by atoms with E-state index in [0.717, 1.165) is 38.9 Å². The molecule has 1 aromatic heterocycles. The zero-order valence-electron chi connectivity index (χ0n) is 20.1. The number of nitrogens with one attached hydrogen (secondary N) is 2. The zero-order chi connectivity index (χ0) is 24.6. The Balaban J connectivity index is 1.44. The van der Waals surface area contributed by atoms with E-state index in [4.69, 9.17) is 0 Å². The number of benzene rings is 2. The van der Waals surface area contributed by atoms with Gasteiger partial charge in [0.2, 0.25) is 5.43 Å². The van der Waals surface area contributed by atoms with Crippen LogP contribution in [0.1, 0.15) is 44.7 Å². The average molecular weight is 473 g/mol. The standard InChI is InChI=1S/C28H32N4O3/c1-29-27(34)24-19-31(15-8-13-21-9-4-2-5-10-21)20-25(26(24)33)28(35)30-23-14-16-32(18-23)17-22-11-6-3-7-12-22/h2-7,9-12,19-20,23H,8,13-18H2,1H3,(H,29,34)(H,30,35)/t23-/m0/s1. The van der Waals surface area contributed by atoms with Gasteiger partial charge < -0.3 is 15.2 Å². The van der Waals surface area contributed by atoms with Crippen LogP contribution < -0.4 is 16.1 Å². The molecule has 7 nitrogen and oxygen atoms in total. The smallest absolute Gasteiger partial charge is 0.257 e. The van der Waals surface area contributed by atoms with E-state index < -0.39 is 17.2 Å². The fraction of sp³-hybridized carbons (Fsp3) is 0.321. The van der Waals surface area contributed by atoms with Crippen LogP contribution in [0.4, 0.5) is 0 Å². The van der Waals surface area contributed by atoms with Crippen LogP contribution in [0.3, 0.4) is 0 Å². The molecule has 2 aromatic carbocycles. The highest BCUT2D eigenvalue weighted by Crippen LogP contribution is 2.14. The lowest BCUT2D eigenvalue weighted by Crippen LogP contribution is -2.40. The predicted molar refractivity (Wildman–Crippen MR) is 136 cm³/mol. The van der Waals surface area contributed by atoms with Gasteiger partial charge in [0, 0.05) is 51.7 Å². The largest absolute Gasteiger partial charge is 0.355 e. The van der Waals surface area contributed by atoms with Crippen LogP contribution >= 0.6 is 0 Å². The number of likely N-dealkylation sites (tertiary alicyclic amines) is 1. The van der Waals surface area contributed by atoms with Gasteiger partial charge in [-0.3, -0.25) is 19.3 Å². The van der Waals surface area contributed by atoms with Crippen LogP contribution in [0.5, 0.6) is 0 Å². The van der Waals surface area contributed by atoms with Crippen molar-refractivity contribution in [3.05, 3.63) is 106 Å². The predicted octanol–water partition coefficient (Wildman–Crippen LogP) is 2.85. The molecule has 0 unspecified atom stereocenters.